The summed E-state index contributed by atoms with van der Waals surface area (Å²) in [6.45, 7) is 5.40. The number of hydrogen-bond donors (Lipinski definition) is 1. The summed E-state index contributed by atoms with van der Waals surface area (Å²) < 4.78 is 0. The van der Waals surface area contributed by atoms with E-state index < -0.39 is 0 Å². The maximum absolute atomic E-state index is 12.7. The molecule has 1 heterocycles. The Kier molecular flexibility index (Phi) is 5.88. The molecule has 2 fully saturated rings. The molecule has 0 aromatic heterocycles. The van der Waals surface area contributed by atoms with Crippen LogP contribution in [0.2, 0.25) is 0 Å². The highest BCUT2D eigenvalue weighted by Gasteiger charge is 2.51. The number of nitrogens with zero attached hydrogens (tertiary/aromatic N) is 1. The minimum absolute atomic E-state index is 0.178. The Bertz CT molecular complexity index is 310. The Labute approximate surface area is 124 Å². The van der Waals surface area contributed by atoms with Crippen LogP contribution in [-0.2, 0) is 4.79 Å². The van der Waals surface area contributed by atoms with Gasteiger partial charge in [0.15, 0.2) is 0 Å². The fourth-order valence-electron chi connectivity index (χ4n) is 3.85. The zero-order valence-electron chi connectivity index (χ0n) is 13.4. The zero-order valence-corrected chi connectivity index (χ0v) is 13.4. The van der Waals surface area contributed by atoms with Gasteiger partial charge in [0.25, 0.3) is 0 Å². The van der Waals surface area contributed by atoms with Crippen molar-refractivity contribution in [3.05, 3.63) is 0 Å². The summed E-state index contributed by atoms with van der Waals surface area (Å²) in [4.78, 5) is 14.9. The molecule has 1 aliphatic heterocycles. The van der Waals surface area contributed by atoms with Gasteiger partial charge in [0.05, 0.1) is 11.7 Å². The third kappa shape index (κ3) is 3.36. The topological polar surface area (TPSA) is 32.3 Å². The highest BCUT2D eigenvalue weighted by Crippen LogP contribution is 2.37. The number of carbonyl (C=O) groups is 1. The van der Waals surface area contributed by atoms with Crippen LogP contribution in [0.15, 0.2) is 0 Å². The Balaban J connectivity index is 1.79. The lowest BCUT2D eigenvalue weighted by molar-refractivity contribution is -0.133. The molecule has 0 radical (unpaired) electrons. The van der Waals surface area contributed by atoms with Crippen molar-refractivity contribution in [2.75, 3.05) is 6.54 Å². The molecular weight excluding hydrogens is 248 g/mol. The van der Waals surface area contributed by atoms with Crippen LogP contribution in [0.5, 0.6) is 0 Å². The lowest BCUT2D eigenvalue weighted by Crippen LogP contribution is -2.44. The number of amides is 1. The van der Waals surface area contributed by atoms with Crippen molar-refractivity contribution in [1.29, 1.82) is 0 Å². The van der Waals surface area contributed by atoms with Gasteiger partial charge in [0.2, 0.25) is 5.91 Å². The molecule has 116 valence electrons. The van der Waals surface area contributed by atoms with Gasteiger partial charge in [-0.1, -0.05) is 58.8 Å². The molecule has 20 heavy (non-hydrogen) atoms. The highest BCUT2D eigenvalue weighted by atomic mass is 16.2. The van der Waals surface area contributed by atoms with Gasteiger partial charge in [0, 0.05) is 6.54 Å². The van der Waals surface area contributed by atoms with Gasteiger partial charge in [-0.05, 0) is 25.7 Å². The van der Waals surface area contributed by atoms with Crippen molar-refractivity contribution in [3.63, 3.8) is 0 Å². The van der Waals surface area contributed by atoms with Crippen molar-refractivity contribution in [3.8, 4) is 0 Å². The Morgan fingerprint density at radius 2 is 1.75 bits per heavy atom. The molecule has 1 saturated carbocycles. The van der Waals surface area contributed by atoms with Crippen LogP contribution < -0.4 is 5.32 Å². The largest absolute Gasteiger partial charge is 0.326 e. The van der Waals surface area contributed by atoms with Crippen molar-refractivity contribution >= 4 is 5.91 Å². The van der Waals surface area contributed by atoms with E-state index in [9.17, 15) is 4.79 Å². The standard InChI is InChI=1S/C17H32N2O/c1-3-5-6-7-8-11-14-19-15(4-2)18-17(16(19)20)12-9-10-13-17/h15,18H,3-14H2,1-2H3. The van der Waals surface area contributed by atoms with Crippen LogP contribution in [0.1, 0.15) is 84.5 Å². The first-order valence-electron chi connectivity index (χ1n) is 8.82. The third-order valence-electron chi connectivity index (χ3n) is 5.09. The van der Waals surface area contributed by atoms with E-state index in [2.05, 4.69) is 24.1 Å². The fraction of sp³-hybridized carbons (Fsp3) is 0.941. The molecule has 1 N–H and O–H groups in total. The summed E-state index contributed by atoms with van der Waals surface area (Å²) in [7, 11) is 0. The van der Waals surface area contributed by atoms with Gasteiger partial charge < -0.3 is 4.90 Å². The monoisotopic (exact) mass is 280 g/mol. The molecule has 1 unspecified atom stereocenters. The Morgan fingerprint density at radius 3 is 2.40 bits per heavy atom. The number of rotatable bonds is 8. The quantitative estimate of drug-likeness (QED) is 0.685. The lowest BCUT2D eigenvalue weighted by Gasteiger charge is -2.23. The average Bonchev–Trinajstić information content (AvgIpc) is 3.03. The van der Waals surface area contributed by atoms with Crippen LogP contribution >= 0.6 is 0 Å². The van der Waals surface area contributed by atoms with Crippen LogP contribution in [0, 0.1) is 0 Å². The number of carbonyl (C=O) groups excluding carboxylic acids is 1. The first-order chi connectivity index (χ1) is 9.73. The number of unbranched alkanes of at least 4 members (excludes halogenated alkanes) is 5. The summed E-state index contributed by atoms with van der Waals surface area (Å²) >= 11 is 0. The van der Waals surface area contributed by atoms with Gasteiger partial charge in [0.1, 0.15) is 0 Å². The van der Waals surface area contributed by atoms with Crippen molar-refractivity contribution in [2.24, 2.45) is 0 Å². The second kappa shape index (κ2) is 7.44. The van der Waals surface area contributed by atoms with Crippen LogP contribution in [0.25, 0.3) is 0 Å². The lowest BCUT2D eigenvalue weighted by atomic mass is 9.98. The van der Waals surface area contributed by atoms with Crippen molar-refractivity contribution < 1.29 is 4.79 Å². The SMILES string of the molecule is CCCCCCCCN1C(=O)C2(CCCC2)NC1CC. The minimum Gasteiger partial charge on any atom is -0.326 e. The van der Waals surface area contributed by atoms with Gasteiger partial charge >= 0.3 is 0 Å². The molecule has 1 amide bonds. The van der Waals surface area contributed by atoms with Crippen molar-refractivity contribution in [1.82, 2.24) is 10.2 Å². The predicted molar refractivity (Wildman–Crippen MR) is 83.5 cm³/mol. The number of nitrogens with one attached hydrogen (secondary N) is 1. The van der Waals surface area contributed by atoms with E-state index in [0.29, 0.717) is 5.91 Å². The molecular formula is C17H32N2O. The van der Waals surface area contributed by atoms with E-state index in [4.69, 9.17) is 0 Å². The third-order valence-corrected chi connectivity index (χ3v) is 5.09. The normalized spacial score (nSPS) is 25.0. The van der Waals surface area contributed by atoms with Gasteiger partial charge in [-0.2, -0.15) is 0 Å². The molecule has 0 bridgehead atoms. The molecule has 0 aromatic carbocycles. The smallest absolute Gasteiger partial charge is 0.244 e. The van der Waals surface area contributed by atoms with E-state index >= 15 is 0 Å². The molecule has 3 heteroatoms. The average molecular weight is 280 g/mol. The van der Waals surface area contributed by atoms with Gasteiger partial charge in [-0.15, -0.1) is 0 Å². The minimum atomic E-state index is -0.178. The van der Waals surface area contributed by atoms with E-state index in [-0.39, 0.29) is 11.7 Å². The first kappa shape index (κ1) is 15.8. The van der Waals surface area contributed by atoms with Gasteiger partial charge in [-0.3, -0.25) is 10.1 Å². The second-order valence-corrected chi connectivity index (χ2v) is 6.62. The predicted octanol–water partition coefficient (Wildman–Crippen LogP) is 3.83. The molecule has 1 aliphatic carbocycles. The maximum atomic E-state index is 12.7. The fourth-order valence-corrected chi connectivity index (χ4v) is 3.85. The van der Waals surface area contributed by atoms with E-state index in [1.807, 2.05) is 0 Å². The molecule has 1 atom stereocenters. The molecule has 2 aliphatic rings. The van der Waals surface area contributed by atoms with Gasteiger partial charge in [-0.25, -0.2) is 0 Å². The molecule has 3 nitrogen and oxygen atoms in total. The molecule has 1 spiro atoms. The summed E-state index contributed by atoms with van der Waals surface area (Å²) in [5, 5.41) is 3.65. The van der Waals surface area contributed by atoms with E-state index in [1.54, 1.807) is 0 Å². The zero-order chi connectivity index (χ0) is 14.4. The number of hydrogen-bond acceptors (Lipinski definition) is 2. The van der Waals surface area contributed by atoms with E-state index in [0.717, 1.165) is 25.8 Å². The summed E-state index contributed by atoms with van der Waals surface area (Å²) in [5.74, 6) is 0.399. The van der Waals surface area contributed by atoms with Crippen LogP contribution in [0.3, 0.4) is 0 Å². The van der Waals surface area contributed by atoms with Crippen LogP contribution in [-0.4, -0.2) is 29.1 Å². The van der Waals surface area contributed by atoms with Crippen LogP contribution in [0.4, 0.5) is 0 Å². The maximum Gasteiger partial charge on any atom is 0.244 e. The molecule has 2 rings (SSSR count). The first-order valence-corrected chi connectivity index (χ1v) is 8.82. The summed E-state index contributed by atoms with van der Waals surface area (Å²) in [6, 6.07) is 0. The van der Waals surface area contributed by atoms with Crippen molar-refractivity contribution in [2.45, 2.75) is 96.2 Å². The highest BCUT2D eigenvalue weighted by molar-refractivity contribution is 5.89. The Morgan fingerprint density at radius 1 is 1.10 bits per heavy atom. The molecule has 0 aromatic rings. The Hall–Kier alpha value is -0.570. The van der Waals surface area contributed by atoms with E-state index in [1.165, 1.54) is 51.4 Å². The summed E-state index contributed by atoms with van der Waals surface area (Å²) in [6.07, 6.45) is 13.6. The molecule has 1 saturated heterocycles. The second-order valence-electron chi connectivity index (χ2n) is 6.62. The summed E-state index contributed by atoms with van der Waals surface area (Å²) in [5.41, 5.74) is -0.178.